The zero-order valence-electron chi connectivity index (χ0n) is 9.42. The van der Waals surface area contributed by atoms with Gasteiger partial charge in [-0.2, -0.15) is 0 Å². The quantitative estimate of drug-likeness (QED) is 0.736. The maximum Gasteiger partial charge on any atom is 0.139 e. The Morgan fingerprint density at radius 1 is 1.47 bits per heavy atom. The molecule has 0 radical (unpaired) electrons. The molecular formula is C12H16O2S. The van der Waals surface area contributed by atoms with Gasteiger partial charge < -0.3 is 4.74 Å². The maximum atomic E-state index is 11.5. The van der Waals surface area contributed by atoms with Crippen LogP contribution in [0.2, 0.25) is 0 Å². The summed E-state index contributed by atoms with van der Waals surface area (Å²) in [5.74, 6) is 2.00. The molecule has 3 heteroatoms. The molecule has 0 spiro atoms. The van der Waals surface area contributed by atoms with E-state index in [1.54, 1.807) is 18.7 Å². The minimum absolute atomic E-state index is 0.129. The van der Waals surface area contributed by atoms with Gasteiger partial charge in [-0.1, -0.05) is 17.3 Å². The van der Waals surface area contributed by atoms with Crippen molar-refractivity contribution < 1.29 is 9.53 Å². The summed E-state index contributed by atoms with van der Waals surface area (Å²) in [6.07, 6.45) is 4.16. The third-order valence-electron chi connectivity index (χ3n) is 3.36. The minimum atomic E-state index is -0.129. The number of allylic oxidation sites excluding steroid dienone is 3. The van der Waals surface area contributed by atoms with Crippen molar-refractivity contribution in [1.29, 1.82) is 0 Å². The van der Waals surface area contributed by atoms with Gasteiger partial charge in [0.25, 0.3) is 0 Å². The standard InChI is InChI=1S/C12H16O2S/c1-8(12(4-5-12)10(3)13)6-11-9(2)14-7-15-11/h6H,4-5,7H2,1-3H3/b8-6+. The maximum absolute atomic E-state index is 11.5. The predicted octanol–water partition coefficient (Wildman–Crippen LogP) is 3.25. The molecule has 0 N–H and O–H groups in total. The van der Waals surface area contributed by atoms with E-state index in [0.29, 0.717) is 11.7 Å². The van der Waals surface area contributed by atoms with Gasteiger partial charge in [0.05, 0.1) is 0 Å². The van der Waals surface area contributed by atoms with Gasteiger partial charge in [0.15, 0.2) is 0 Å². The lowest BCUT2D eigenvalue weighted by molar-refractivity contribution is -0.120. The van der Waals surface area contributed by atoms with Gasteiger partial charge in [0.2, 0.25) is 0 Å². The Balaban J connectivity index is 2.21. The predicted molar refractivity (Wildman–Crippen MR) is 62.3 cm³/mol. The molecule has 2 rings (SSSR count). The Labute approximate surface area is 94.8 Å². The van der Waals surface area contributed by atoms with Gasteiger partial charge in [-0.15, -0.1) is 0 Å². The Morgan fingerprint density at radius 2 is 2.13 bits per heavy atom. The number of ether oxygens (including phenoxy) is 1. The fourth-order valence-electron chi connectivity index (χ4n) is 1.98. The van der Waals surface area contributed by atoms with Crippen LogP contribution >= 0.6 is 11.8 Å². The molecule has 1 fully saturated rings. The van der Waals surface area contributed by atoms with Crippen molar-refractivity contribution in [3.63, 3.8) is 0 Å². The number of hydrogen-bond donors (Lipinski definition) is 0. The normalized spacial score (nSPS) is 24.1. The van der Waals surface area contributed by atoms with Crippen molar-refractivity contribution in [2.75, 3.05) is 5.94 Å². The van der Waals surface area contributed by atoms with Gasteiger partial charge in [-0.3, -0.25) is 4.79 Å². The molecule has 2 nitrogen and oxygen atoms in total. The summed E-state index contributed by atoms with van der Waals surface area (Å²) in [5, 5.41) is 0. The van der Waals surface area contributed by atoms with Gasteiger partial charge in [-0.25, -0.2) is 0 Å². The van der Waals surface area contributed by atoms with Crippen LogP contribution in [0.5, 0.6) is 0 Å². The fourth-order valence-corrected chi connectivity index (χ4v) is 2.87. The van der Waals surface area contributed by atoms with E-state index in [1.807, 2.05) is 6.92 Å². The molecule has 82 valence electrons. The van der Waals surface area contributed by atoms with E-state index in [1.165, 1.54) is 10.5 Å². The van der Waals surface area contributed by atoms with Crippen molar-refractivity contribution in [2.24, 2.45) is 5.41 Å². The molecule has 0 aromatic rings. The molecule has 1 saturated carbocycles. The smallest absolute Gasteiger partial charge is 0.139 e. The zero-order valence-corrected chi connectivity index (χ0v) is 10.2. The van der Waals surface area contributed by atoms with Crippen molar-refractivity contribution in [3.8, 4) is 0 Å². The van der Waals surface area contributed by atoms with Crippen LogP contribution in [0.25, 0.3) is 0 Å². The highest BCUT2D eigenvalue weighted by atomic mass is 32.2. The van der Waals surface area contributed by atoms with Gasteiger partial charge >= 0.3 is 0 Å². The highest BCUT2D eigenvalue weighted by Crippen LogP contribution is 2.53. The van der Waals surface area contributed by atoms with Crippen LogP contribution in [0.15, 0.2) is 22.3 Å². The van der Waals surface area contributed by atoms with Crippen LogP contribution in [0.1, 0.15) is 33.6 Å². The van der Waals surface area contributed by atoms with E-state index in [9.17, 15) is 4.79 Å². The summed E-state index contributed by atoms with van der Waals surface area (Å²) in [7, 11) is 0. The Morgan fingerprint density at radius 3 is 2.53 bits per heavy atom. The third-order valence-corrected chi connectivity index (χ3v) is 4.32. The number of rotatable bonds is 3. The lowest BCUT2D eigenvalue weighted by Crippen LogP contribution is -2.13. The number of thioether (sulfide) groups is 1. The molecule has 1 aliphatic carbocycles. The molecule has 0 aromatic carbocycles. The van der Waals surface area contributed by atoms with Crippen LogP contribution in [-0.2, 0) is 9.53 Å². The second kappa shape index (κ2) is 3.71. The number of Topliss-reactive ketones (excluding diaryl/α,β-unsaturated/α-hetero) is 1. The van der Waals surface area contributed by atoms with E-state index in [4.69, 9.17) is 4.74 Å². The molecule has 2 aliphatic rings. The number of carbonyl (C=O) groups excluding carboxylic acids is 1. The first-order valence-electron chi connectivity index (χ1n) is 5.22. The first kappa shape index (κ1) is 10.8. The zero-order chi connectivity index (χ0) is 11.1. The summed E-state index contributed by atoms with van der Waals surface area (Å²) in [6, 6.07) is 0. The summed E-state index contributed by atoms with van der Waals surface area (Å²) < 4.78 is 5.37. The second-order valence-electron chi connectivity index (χ2n) is 4.29. The lowest BCUT2D eigenvalue weighted by Gasteiger charge is -2.11. The van der Waals surface area contributed by atoms with Crippen LogP contribution in [-0.4, -0.2) is 11.7 Å². The molecule has 0 amide bonds. The lowest BCUT2D eigenvalue weighted by atomic mass is 9.92. The van der Waals surface area contributed by atoms with Crippen LogP contribution in [0.4, 0.5) is 0 Å². The van der Waals surface area contributed by atoms with Crippen LogP contribution in [0.3, 0.4) is 0 Å². The van der Waals surface area contributed by atoms with Crippen molar-refractivity contribution >= 4 is 17.5 Å². The fraction of sp³-hybridized carbons (Fsp3) is 0.583. The van der Waals surface area contributed by atoms with Gasteiger partial charge in [0.1, 0.15) is 17.5 Å². The van der Waals surface area contributed by atoms with E-state index in [0.717, 1.165) is 18.6 Å². The van der Waals surface area contributed by atoms with Crippen molar-refractivity contribution in [2.45, 2.75) is 33.6 Å². The van der Waals surface area contributed by atoms with E-state index in [-0.39, 0.29) is 5.41 Å². The van der Waals surface area contributed by atoms with Crippen LogP contribution < -0.4 is 0 Å². The molecule has 0 atom stereocenters. The molecule has 0 bridgehead atoms. The summed E-state index contributed by atoms with van der Waals surface area (Å²) >= 11 is 1.70. The van der Waals surface area contributed by atoms with Crippen molar-refractivity contribution in [1.82, 2.24) is 0 Å². The third kappa shape index (κ3) is 1.85. The molecule has 15 heavy (non-hydrogen) atoms. The Hall–Kier alpha value is -0.700. The number of hydrogen-bond acceptors (Lipinski definition) is 3. The summed E-state index contributed by atoms with van der Waals surface area (Å²) in [6.45, 7) is 5.74. The SMILES string of the molecule is CC(=O)C1(/C(C)=C/C2=C(C)OCS2)CC1. The first-order valence-corrected chi connectivity index (χ1v) is 6.21. The Bertz CT molecular complexity index is 362. The molecular weight excluding hydrogens is 208 g/mol. The van der Waals surface area contributed by atoms with E-state index >= 15 is 0 Å². The monoisotopic (exact) mass is 224 g/mol. The topological polar surface area (TPSA) is 26.3 Å². The number of carbonyl (C=O) groups is 1. The first-order chi connectivity index (χ1) is 7.06. The molecule has 0 aromatic heterocycles. The average Bonchev–Trinajstić information content (AvgIpc) is 2.89. The van der Waals surface area contributed by atoms with E-state index < -0.39 is 0 Å². The number of ketones is 1. The molecule has 1 heterocycles. The Kier molecular flexibility index (Phi) is 2.67. The molecule has 0 saturated heterocycles. The molecule has 0 unspecified atom stereocenters. The highest BCUT2D eigenvalue weighted by Gasteiger charge is 2.48. The largest absolute Gasteiger partial charge is 0.486 e. The average molecular weight is 224 g/mol. The van der Waals surface area contributed by atoms with Gasteiger partial charge in [-0.05, 0) is 39.7 Å². The van der Waals surface area contributed by atoms with E-state index in [2.05, 4.69) is 13.0 Å². The highest BCUT2D eigenvalue weighted by molar-refractivity contribution is 8.03. The van der Waals surface area contributed by atoms with Gasteiger partial charge in [0, 0.05) is 10.3 Å². The summed E-state index contributed by atoms with van der Waals surface area (Å²) in [4.78, 5) is 12.7. The molecule has 1 aliphatic heterocycles. The van der Waals surface area contributed by atoms with Crippen LogP contribution in [0, 0.1) is 5.41 Å². The van der Waals surface area contributed by atoms with Crippen molar-refractivity contribution in [3.05, 3.63) is 22.3 Å². The second-order valence-corrected chi connectivity index (χ2v) is 5.26. The minimum Gasteiger partial charge on any atom is -0.486 e. The summed E-state index contributed by atoms with van der Waals surface area (Å²) in [5.41, 5.74) is 1.07.